The molecule has 3 amide bonds. The van der Waals surface area contributed by atoms with Gasteiger partial charge in [-0.2, -0.15) is 0 Å². The fraction of sp³-hybridized carbons (Fsp3) is 0.568. The summed E-state index contributed by atoms with van der Waals surface area (Å²) in [5, 5.41) is 18.1. The number of carbonyl (C=O) groups is 8. The van der Waals surface area contributed by atoms with Crippen molar-refractivity contribution in [2.24, 2.45) is 29.4 Å². The topological polar surface area (TPSA) is 287 Å². The Morgan fingerprint density at radius 3 is 1.29 bits per heavy atom. The fourth-order valence-corrected chi connectivity index (χ4v) is 11.4. The molecule has 23 heteroatoms. The average Bonchev–Trinajstić information content (AvgIpc) is 1.65. The van der Waals surface area contributed by atoms with Gasteiger partial charge < -0.3 is 55.2 Å². The fourth-order valence-electron chi connectivity index (χ4n) is 11.4. The van der Waals surface area contributed by atoms with Crippen LogP contribution in [0.5, 0.6) is 0 Å². The van der Waals surface area contributed by atoms with E-state index in [1.807, 2.05) is 123 Å². The first-order valence-corrected chi connectivity index (χ1v) is 33.6. The summed E-state index contributed by atoms with van der Waals surface area (Å²) in [5.41, 5.74) is 10.4. The van der Waals surface area contributed by atoms with E-state index in [9.17, 15) is 43.5 Å². The average molecular weight is 1570 g/mol. The quantitative estimate of drug-likeness (QED) is 0.0262. The van der Waals surface area contributed by atoms with Gasteiger partial charge in [-0.15, -0.1) is 0 Å². The molecule has 0 aromatic heterocycles. The number of epoxide rings is 2. The zero-order chi connectivity index (χ0) is 70.9. The van der Waals surface area contributed by atoms with Crippen LogP contribution >= 0.6 is 0 Å². The molecule has 97 heavy (non-hydrogen) atoms. The maximum Gasteiger partial charge on any atom is 0.309 e. The van der Waals surface area contributed by atoms with E-state index in [1.165, 1.54) is 25.3 Å². The van der Waals surface area contributed by atoms with E-state index in [2.05, 4.69) is 48.0 Å². The Balaban J connectivity index is 0.000000352. The van der Waals surface area contributed by atoms with Gasteiger partial charge in [-0.1, -0.05) is 137 Å². The number of nitrogens with two attached hydrogens (primary N) is 1. The van der Waals surface area contributed by atoms with Gasteiger partial charge in [-0.3, -0.25) is 48.2 Å². The molecule has 0 bridgehead atoms. The molecule has 4 saturated heterocycles. The molecule has 0 saturated carbocycles. The monoisotopic (exact) mass is 1570 g/mol. The summed E-state index contributed by atoms with van der Waals surface area (Å²) in [6, 6.07) is 32.8. The number of hydrogen-bond acceptors (Lipinski definition) is 17. The Bertz CT molecular complexity index is 3060. The van der Waals surface area contributed by atoms with Gasteiger partial charge in [0.15, 0.2) is 23.1 Å². The third-order valence-electron chi connectivity index (χ3n) is 17.3. The molecular weight excluding hydrogens is 1460 g/mol. The molecule has 8 atom stereocenters. The number of Topliss-reactive ketones (excluding diaryl/α,β-unsaturated/α-hetero) is 4. The summed E-state index contributed by atoms with van der Waals surface area (Å²) in [5.74, 6) is -3.84. The zero-order valence-corrected chi connectivity index (χ0v) is 62.4. The second-order valence-electron chi connectivity index (χ2n) is 26.7. The van der Waals surface area contributed by atoms with Gasteiger partial charge in [0.1, 0.15) is 11.2 Å². The van der Waals surface area contributed by atoms with E-state index in [4.69, 9.17) is 35.5 Å². The van der Waals surface area contributed by atoms with Crippen LogP contribution in [-0.4, -0.2) is 200 Å². The van der Waals surface area contributed by atoms with E-state index in [0.717, 1.165) is 94.4 Å². The maximum atomic E-state index is 13.8. The first kappa shape index (κ1) is 81.9. The second kappa shape index (κ2) is 43.0. The van der Waals surface area contributed by atoms with Crippen LogP contribution in [0.25, 0.3) is 0 Å². The Hall–Kier alpha value is -5.80. The van der Waals surface area contributed by atoms with Gasteiger partial charge >= 0.3 is 5.97 Å². The first-order chi connectivity index (χ1) is 46.5. The van der Waals surface area contributed by atoms with Crippen LogP contribution in [0.2, 0.25) is 0 Å². The number of ketones is 4. The molecule has 0 spiro atoms. The number of rotatable bonds is 37. The summed E-state index contributed by atoms with van der Waals surface area (Å²) in [7, 11) is 6.63. The molecule has 0 aliphatic carbocycles. The molecule has 6 N–H and O–H groups in total. The molecule has 4 aromatic carbocycles. The number of amides is 3. The summed E-state index contributed by atoms with van der Waals surface area (Å²) >= 11 is 0. The van der Waals surface area contributed by atoms with Crippen LogP contribution in [0, 0.1) is 54.8 Å². The molecule has 4 aliphatic heterocycles. The summed E-state index contributed by atoms with van der Waals surface area (Å²) in [4.78, 5) is 107. The van der Waals surface area contributed by atoms with Gasteiger partial charge in [0, 0.05) is 106 Å². The minimum Gasteiger partial charge on any atom is -0.481 e. The van der Waals surface area contributed by atoms with E-state index in [0.29, 0.717) is 51.2 Å². The number of benzene rings is 4. The number of carboxylic acids is 1. The van der Waals surface area contributed by atoms with Gasteiger partial charge in [0.2, 0.25) is 17.7 Å². The van der Waals surface area contributed by atoms with E-state index in [-0.39, 0.29) is 117 Å². The number of carboxylic acid groups (broad SMARTS) is 1. The molecule has 2 radical (unpaired) electrons. The van der Waals surface area contributed by atoms with Crippen LogP contribution in [0.3, 0.4) is 0 Å². The molecule has 4 heterocycles. The second-order valence-corrected chi connectivity index (χ2v) is 26.7. The number of aryl methyl sites for hydroxylation is 2. The Morgan fingerprint density at radius 1 is 0.546 bits per heavy atom. The predicted molar refractivity (Wildman–Crippen MR) is 368 cm³/mol. The summed E-state index contributed by atoms with van der Waals surface area (Å²) in [6.07, 6.45) is 3.12. The van der Waals surface area contributed by atoms with Gasteiger partial charge in [-0.05, 0) is 98.9 Å². The zero-order valence-electron chi connectivity index (χ0n) is 59.2. The largest absolute Gasteiger partial charge is 0.481 e. The molecule has 8 rings (SSSR count). The number of hydrogen-bond donors (Lipinski definition) is 5. The Morgan fingerprint density at radius 2 is 0.918 bits per heavy atom. The normalized spacial score (nSPS) is 19.3. The number of morpholine rings is 2. The van der Waals surface area contributed by atoms with Crippen molar-refractivity contribution in [2.75, 3.05) is 93.3 Å². The number of nitrogens with one attached hydrogen (secondary N) is 3. The van der Waals surface area contributed by atoms with E-state index < -0.39 is 53.0 Å². The third-order valence-corrected chi connectivity index (χ3v) is 17.3. The Kier molecular flexibility index (Phi) is 36.3. The molecule has 0 unspecified atom stereocenters. The smallest absolute Gasteiger partial charge is 0.309 e. The van der Waals surface area contributed by atoms with Gasteiger partial charge in [0.25, 0.3) is 0 Å². The molecule has 4 aliphatic rings. The van der Waals surface area contributed by atoms with Crippen LogP contribution in [0.4, 0.5) is 0 Å². The number of nitrogens with zero attached hydrogens (tertiary/aromatic N) is 2. The van der Waals surface area contributed by atoms with E-state index in [1.54, 1.807) is 13.8 Å². The molecule has 4 aromatic rings. The van der Waals surface area contributed by atoms with Crippen molar-refractivity contribution in [3.63, 3.8) is 0 Å². The van der Waals surface area contributed by atoms with E-state index >= 15 is 0 Å². The van der Waals surface area contributed by atoms with Crippen LogP contribution < -0.4 is 21.7 Å². The molecule has 4 fully saturated rings. The SMILES string of the molecule is CC(C)C[C@H](N)C(=O)[C@@]1(C)CO1.COC[C@H](CC(=O)[C@H](CCc1ccccc1)NC(=O)Cc1ccc(CN2CCOCC2)cc1)C(=O)N[C@@H](CC(C)C)C(=O)[C@@]1(C)CO1.COC[C@H](CC(=O)[C@H](CCc1ccccc1)NC(=O)Cc1ccc(CN2CCOCC2)cc1)C(=O)O.[3H][B].[U]. The van der Waals surface area contributed by atoms with Crippen molar-refractivity contribution in [3.05, 3.63) is 143 Å². The predicted octanol–water partition coefficient (Wildman–Crippen LogP) is 5.84. The van der Waals surface area contributed by atoms with Crippen molar-refractivity contribution >= 4 is 55.2 Å². The minimum absolute atomic E-state index is 0. The van der Waals surface area contributed by atoms with Crippen LogP contribution in [0.15, 0.2) is 109 Å². The first-order valence-electron chi connectivity index (χ1n) is 34.1. The third kappa shape index (κ3) is 30.3. The number of methoxy groups -OCH3 is 2. The summed E-state index contributed by atoms with van der Waals surface area (Å²) in [6.45, 7) is 20.7. The number of ether oxygens (including phenoxy) is 6. The molecule has 528 valence electrons. The summed E-state index contributed by atoms with van der Waals surface area (Å²) < 4.78 is 36.8. The van der Waals surface area contributed by atoms with Crippen molar-refractivity contribution in [3.8, 4) is 0 Å². The molecule has 21 nitrogen and oxygen atoms in total. The number of aliphatic carboxylic acids is 1. The van der Waals surface area contributed by atoms with Crippen LogP contribution in [-0.2, 0) is 106 Å². The van der Waals surface area contributed by atoms with Crippen LogP contribution in [0.1, 0.15) is 113 Å². The Labute approximate surface area is 601 Å². The molecular formula is C74H105BN6O15U. The minimum atomic E-state index is -1.09. The standard InChI is InChI=1S/C37H51N3O7.C28H36N2O6.C9H17NO2.BH.U/c1-26(2)20-32(35(43)37(3)25-47-37)39-36(44)30(24-45-4)22-33(41)31(15-14-27-8-6-5-7-9-27)38-34(42)21-28-10-12-29(13-11-28)23-40-16-18-46-19-17-40;1-35-20-24(28(33)34)18-26(31)25(12-11-21-5-3-2-4-6-21)29-27(32)17-22-7-9-23(10-8-22)19-30-13-15-36-16-14-30;1-6(2)4-7(10)8(11)9(3)5-12-9;;/h5-13,26,30-32H,14-25H2,1-4H3,(H,38,42)(H,39,44);2-10,24-25H,11-20H2,1H3,(H,29,32)(H,33,34);6-7H,4-5,10H2,1-3H3;1H;/t30-,31-,32-,37+;24-,25-;7-,9+;;/m000../s1/i;;;1T;. The van der Waals surface area contributed by atoms with Crippen molar-refractivity contribution in [1.82, 2.24) is 25.8 Å². The maximum absolute atomic E-state index is 13.8. The van der Waals surface area contributed by atoms with Crippen molar-refractivity contribution in [1.29, 1.82) is 1.34 Å². The van der Waals surface area contributed by atoms with Gasteiger partial charge in [-0.25, -0.2) is 0 Å². The number of carbonyl (C=O) groups excluding carboxylic acids is 7. The van der Waals surface area contributed by atoms with Crippen molar-refractivity contribution in [2.45, 2.75) is 154 Å². The van der Waals surface area contributed by atoms with Crippen molar-refractivity contribution < 1.29 is 103 Å². The van der Waals surface area contributed by atoms with Gasteiger partial charge in [0.05, 0.1) is 102 Å².